The van der Waals surface area contributed by atoms with Crippen LogP contribution in [0, 0.1) is 0 Å². The summed E-state index contributed by atoms with van der Waals surface area (Å²) in [6, 6.07) is -4.82. The van der Waals surface area contributed by atoms with Crippen molar-refractivity contribution in [1.29, 1.82) is 0 Å². The molecule has 30 nitrogen and oxygen atoms in total. The highest BCUT2D eigenvalue weighted by Crippen LogP contribution is 2.05. The molecule has 0 saturated heterocycles. The summed E-state index contributed by atoms with van der Waals surface area (Å²) in [5, 5.41) is 35.8. The number of nitrogens with two attached hydrogens (primary N) is 3. The Morgan fingerprint density at radius 1 is 0.446 bits per heavy atom. The second-order valence-electron chi connectivity index (χ2n) is 13.7. The van der Waals surface area contributed by atoms with Gasteiger partial charge >= 0.3 is 5.97 Å². The van der Waals surface area contributed by atoms with Crippen molar-refractivity contribution in [2.75, 3.05) is 65.4 Å². The van der Waals surface area contributed by atoms with E-state index in [0.717, 1.165) is 0 Å². The van der Waals surface area contributed by atoms with Crippen molar-refractivity contribution in [2.45, 2.75) is 70.1 Å². The van der Waals surface area contributed by atoms with Gasteiger partial charge in [-0.15, -0.1) is 0 Å². The molecule has 0 aromatic heterocycles. The lowest BCUT2D eigenvalue weighted by atomic mass is 10.1. The number of primary amides is 1. The number of carbonyl (C=O) groups is 14. The van der Waals surface area contributed by atoms with E-state index in [1.807, 2.05) is 5.32 Å². The summed E-state index contributed by atoms with van der Waals surface area (Å²) in [5.74, 6) is -11.1. The first-order valence-corrected chi connectivity index (χ1v) is 19.8. The molecular formula is C35H59N15O15. The third kappa shape index (κ3) is 29.4. The molecule has 0 radical (unpaired) electrons. The molecule has 4 unspecified atom stereocenters. The van der Waals surface area contributed by atoms with Gasteiger partial charge in [-0.25, -0.2) is 0 Å². The largest absolute Gasteiger partial charge is 0.480 e. The average Bonchev–Trinajstić information content (AvgIpc) is 3.25. The minimum absolute atomic E-state index is 0.0450. The second-order valence-corrected chi connectivity index (χ2v) is 13.7. The fraction of sp³-hybridized carbons (Fsp3) is 0.600. The molecule has 0 fully saturated rings. The number of amides is 13. The van der Waals surface area contributed by atoms with E-state index in [1.165, 1.54) is 13.8 Å². The lowest BCUT2D eigenvalue weighted by Crippen LogP contribution is -2.54. The van der Waals surface area contributed by atoms with Crippen LogP contribution in [-0.2, 0) is 67.1 Å². The van der Waals surface area contributed by atoms with Crippen LogP contribution in [0.2, 0.25) is 0 Å². The quantitative estimate of drug-likeness (QED) is 0.0279. The van der Waals surface area contributed by atoms with E-state index >= 15 is 0 Å². The number of carbonyl (C=O) groups excluding carboxylic acids is 13. The molecule has 0 bridgehead atoms. The molecule has 30 heteroatoms. The molecule has 0 aromatic carbocycles. The Balaban J connectivity index is 5.12. The van der Waals surface area contributed by atoms with Crippen LogP contribution in [0.25, 0.3) is 0 Å². The number of rotatable bonds is 32. The van der Waals surface area contributed by atoms with Crippen molar-refractivity contribution in [3.05, 3.63) is 0 Å². The predicted molar refractivity (Wildman–Crippen MR) is 221 cm³/mol. The number of hydrogen-bond donors (Lipinski definition) is 16. The number of unbranched alkanes of at least 4 members (excludes halogenated alkanes) is 1. The minimum Gasteiger partial charge on any atom is -0.480 e. The SMILES string of the molecule is CC(N)C(=O)NC(CCC(=O)NC(CCCCNC(=O)CNC(=O)CNC(=O)CNC(=O)CNC(=O)CN)C(=O)NC(C)C(=O)NCC(=O)NCC(=O)NCC(=O)NCC(=O)O)C(N)=O. The Morgan fingerprint density at radius 3 is 1.28 bits per heavy atom. The van der Waals surface area contributed by atoms with E-state index < -0.39 is 166 Å². The first kappa shape index (κ1) is 57.5. The molecule has 0 heterocycles. The zero-order valence-corrected chi connectivity index (χ0v) is 35.8. The van der Waals surface area contributed by atoms with Crippen LogP contribution in [0.5, 0.6) is 0 Å². The van der Waals surface area contributed by atoms with Crippen LogP contribution < -0.4 is 81.0 Å². The second kappa shape index (κ2) is 32.2. The van der Waals surface area contributed by atoms with Gasteiger partial charge in [-0.05, 0) is 39.5 Å². The van der Waals surface area contributed by atoms with Crippen molar-refractivity contribution >= 4 is 82.8 Å². The van der Waals surface area contributed by atoms with Crippen molar-refractivity contribution in [1.82, 2.24) is 63.8 Å². The Bertz CT molecular complexity index is 1740. The zero-order chi connectivity index (χ0) is 49.5. The monoisotopic (exact) mass is 929 g/mol. The average molecular weight is 930 g/mol. The van der Waals surface area contributed by atoms with Gasteiger partial charge in [0.2, 0.25) is 76.8 Å². The predicted octanol–water partition coefficient (Wildman–Crippen LogP) is -10.7. The maximum Gasteiger partial charge on any atom is 0.322 e. The van der Waals surface area contributed by atoms with Gasteiger partial charge < -0.3 is 86.1 Å². The van der Waals surface area contributed by atoms with Gasteiger partial charge in [0.1, 0.15) is 24.7 Å². The minimum atomic E-state index is -1.30. The summed E-state index contributed by atoms with van der Waals surface area (Å²) in [6.45, 7) is -2.00. The molecule has 0 aliphatic heterocycles. The summed E-state index contributed by atoms with van der Waals surface area (Å²) < 4.78 is 0. The Kier molecular flexibility index (Phi) is 28.5. The zero-order valence-electron chi connectivity index (χ0n) is 35.8. The van der Waals surface area contributed by atoms with Gasteiger partial charge in [0.05, 0.1) is 58.4 Å². The molecule has 13 amide bonds. The number of carboxylic acid groups (broad SMARTS) is 1. The fourth-order valence-electron chi connectivity index (χ4n) is 4.56. The van der Waals surface area contributed by atoms with Crippen LogP contribution in [0.4, 0.5) is 0 Å². The van der Waals surface area contributed by atoms with Crippen LogP contribution in [0.1, 0.15) is 46.0 Å². The van der Waals surface area contributed by atoms with Gasteiger partial charge in [-0.2, -0.15) is 0 Å². The van der Waals surface area contributed by atoms with Crippen molar-refractivity contribution < 1.29 is 72.2 Å². The fourth-order valence-corrected chi connectivity index (χ4v) is 4.56. The normalized spacial score (nSPS) is 12.1. The Hall–Kier alpha value is -7.50. The summed E-state index contributed by atoms with van der Waals surface area (Å²) >= 11 is 0. The number of hydrogen-bond acceptors (Lipinski definition) is 16. The molecular weight excluding hydrogens is 870 g/mol. The van der Waals surface area contributed by atoms with Crippen LogP contribution in [0.3, 0.4) is 0 Å². The highest BCUT2D eigenvalue weighted by molar-refractivity contribution is 5.95. The lowest BCUT2D eigenvalue weighted by molar-refractivity contribution is -0.138. The highest BCUT2D eigenvalue weighted by Gasteiger charge is 2.26. The van der Waals surface area contributed by atoms with Crippen LogP contribution in [0.15, 0.2) is 0 Å². The van der Waals surface area contributed by atoms with E-state index in [4.69, 9.17) is 22.3 Å². The highest BCUT2D eigenvalue weighted by atomic mass is 16.4. The first-order chi connectivity index (χ1) is 30.5. The van der Waals surface area contributed by atoms with E-state index in [9.17, 15) is 67.1 Å². The molecule has 65 heavy (non-hydrogen) atoms. The summed E-state index contributed by atoms with van der Waals surface area (Å²) in [5.41, 5.74) is 15.9. The Morgan fingerprint density at radius 2 is 0.862 bits per heavy atom. The third-order valence-corrected chi connectivity index (χ3v) is 8.10. The topological polar surface area (TPSA) is 482 Å². The van der Waals surface area contributed by atoms with E-state index in [-0.39, 0.29) is 38.8 Å². The lowest BCUT2D eigenvalue weighted by Gasteiger charge is -2.22. The molecule has 364 valence electrons. The van der Waals surface area contributed by atoms with Gasteiger partial charge in [-0.1, -0.05) is 0 Å². The molecule has 0 saturated carbocycles. The number of nitrogens with one attached hydrogen (secondary N) is 12. The van der Waals surface area contributed by atoms with Crippen LogP contribution in [-0.4, -0.2) is 177 Å². The Labute approximate surface area is 371 Å². The summed E-state index contributed by atoms with van der Waals surface area (Å²) in [4.78, 5) is 168. The first-order valence-electron chi connectivity index (χ1n) is 19.8. The van der Waals surface area contributed by atoms with E-state index in [1.54, 1.807) is 0 Å². The molecule has 0 aliphatic rings. The molecule has 0 aromatic rings. The smallest absolute Gasteiger partial charge is 0.322 e. The van der Waals surface area contributed by atoms with Crippen LogP contribution >= 0.6 is 0 Å². The van der Waals surface area contributed by atoms with Crippen molar-refractivity contribution in [2.24, 2.45) is 17.2 Å². The van der Waals surface area contributed by atoms with Crippen molar-refractivity contribution in [3.63, 3.8) is 0 Å². The maximum atomic E-state index is 13.3. The van der Waals surface area contributed by atoms with E-state index in [2.05, 4.69) is 58.5 Å². The van der Waals surface area contributed by atoms with Crippen molar-refractivity contribution in [3.8, 4) is 0 Å². The van der Waals surface area contributed by atoms with E-state index in [0.29, 0.717) is 0 Å². The standard InChI is InChI=1S/C35H59N15O15/c1-18(37)33(63)50-20(32(38)62)6-7-22(51)49-21(35(65)48-19(2)34(64)47-16-30(59)45-14-28(57)44-15-29(58)46-17-31(60)61)5-3-4-8-39-24(53)10-41-26(55)12-43-27(56)13-42-25(54)11-40-23(52)9-36/h18-21H,3-17,36-37H2,1-2H3,(H2,38,62)(H,39,53)(H,40,52)(H,41,55)(H,42,54)(H,43,56)(H,44,57)(H,45,59)(H,46,58)(H,47,64)(H,48,65)(H,49,51)(H,50,63)(H,60,61). The number of aliphatic carboxylic acids is 1. The van der Waals surface area contributed by atoms with Gasteiger partial charge in [0, 0.05) is 13.0 Å². The third-order valence-electron chi connectivity index (χ3n) is 8.10. The van der Waals surface area contributed by atoms with Gasteiger partial charge in [0.25, 0.3) is 0 Å². The summed E-state index contributed by atoms with van der Waals surface area (Å²) in [6.07, 6.45) is -0.263. The van der Waals surface area contributed by atoms with Gasteiger partial charge in [0.15, 0.2) is 0 Å². The molecule has 19 N–H and O–H groups in total. The molecule has 0 spiro atoms. The molecule has 0 rings (SSSR count). The summed E-state index contributed by atoms with van der Waals surface area (Å²) in [7, 11) is 0. The number of carboxylic acids is 1. The molecule has 4 atom stereocenters. The van der Waals surface area contributed by atoms with Gasteiger partial charge in [-0.3, -0.25) is 67.1 Å². The maximum absolute atomic E-state index is 13.3. The molecule has 0 aliphatic carbocycles.